The summed E-state index contributed by atoms with van der Waals surface area (Å²) in [7, 11) is 0.578. The van der Waals surface area contributed by atoms with Crippen LogP contribution in [-0.2, 0) is 16.4 Å². The molecule has 2 rings (SSSR count). The summed E-state index contributed by atoms with van der Waals surface area (Å²) in [5.74, 6) is 0. The zero-order valence-corrected chi connectivity index (χ0v) is 13.9. The van der Waals surface area contributed by atoms with Crippen LogP contribution in [-0.4, -0.2) is 63.9 Å². The van der Waals surface area contributed by atoms with Gasteiger partial charge < -0.3 is 10.2 Å². The lowest BCUT2D eigenvalue weighted by Crippen LogP contribution is -2.51. The number of hydrogen-bond donors (Lipinski definition) is 1. The van der Waals surface area contributed by atoms with Crippen LogP contribution in [0.25, 0.3) is 0 Å². The summed E-state index contributed by atoms with van der Waals surface area (Å²) in [5, 5.41) is 3.09. The molecule has 6 heteroatoms. The molecule has 1 saturated heterocycles. The molecule has 1 aromatic rings. The first-order valence-corrected chi connectivity index (χ1v) is 8.83. The molecule has 1 N–H and O–H groups in total. The number of benzene rings is 1. The van der Waals surface area contributed by atoms with E-state index in [1.165, 1.54) is 0 Å². The van der Waals surface area contributed by atoms with Gasteiger partial charge in [-0.05, 0) is 51.7 Å². The van der Waals surface area contributed by atoms with Gasteiger partial charge in [0.1, 0.15) is 0 Å². The molecule has 1 unspecified atom stereocenters. The topological polar surface area (TPSA) is 52.7 Å². The minimum absolute atomic E-state index is 0.253. The Balaban J connectivity index is 2.12. The molecule has 5 nitrogen and oxygen atoms in total. The molecule has 0 amide bonds. The van der Waals surface area contributed by atoms with Gasteiger partial charge in [-0.25, -0.2) is 8.42 Å². The number of nitrogens with zero attached hydrogens (tertiary/aromatic N) is 2. The van der Waals surface area contributed by atoms with E-state index in [0.29, 0.717) is 18.0 Å². The average Bonchev–Trinajstić information content (AvgIpc) is 2.48. The van der Waals surface area contributed by atoms with Crippen LogP contribution in [0.5, 0.6) is 0 Å². The monoisotopic (exact) mass is 311 g/mol. The lowest BCUT2D eigenvalue weighted by molar-refractivity contribution is 0.159. The minimum atomic E-state index is -3.36. The third kappa shape index (κ3) is 3.83. The molecule has 1 aliphatic rings. The average molecular weight is 311 g/mol. The summed E-state index contributed by atoms with van der Waals surface area (Å²) < 4.78 is 26.9. The lowest BCUT2D eigenvalue weighted by Gasteiger charge is -2.36. The molecule has 0 spiro atoms. The summed E-state index contributed by atoms with van der Waals surface area (Å²) in [6.07, 6.45) is 0.905. The molecule has 0 saturated carbocycles. The molecule has 1 heterocycles. The second-order valence-electron chi connectivity index (χ2n) is 5.69. The molecule has 0 aliphatic carbocycles. The second-order valence-corrected chi connectivity index (χ2v) is 7.63. The van der Waals surface area contributed by atoms with E-state index in [9.17, 15) is 8.42 Å². The summed E-state index contributed by atoms with van der Waals surface area (Å²) in [6.45, 7) is 4.84. The predicted molar refractivity (Wildman–Crippen MR) is 84.9 cm³/mol. The van der Waals surface area contributed by atoms with E-state index in [0.717, 1.165) is 25.1 Å². The van der Waals surface area contributed by atoms with Crippen molar-refractivity contribution < 1.29 is 8.42 Å². The Morgan fingerprint density at radius 1 is 1.24 bits per heavy atom. The number of piperazine rings is 1. The second kappa shape index (κ2) is 6.87. The normalized spacial score (nSPS) is 21.6. The van der Waals surface area contributed by atoms with Gasteiger partial charge >= 0.3 is 0 Å². The van der Waals surface area contributed by atoms with Gasteiger partial charge in [-0.15, -0.1) is 0 Å². The Hall–Kier alpha value is -0.950. The van der Waals surface area contributed by atoms with Crippen molar-refractivity contribution in [1.82, 2.24) is 14.5 Å². The Morgan fingerprint density at radius 2 is 1.90 bits per heavy atom. The first-order valence-electron chi connectivity index (χ1n) is 7.39. The smallest absolute Gasteiger partial charge is 0.243 e. The molecule has 1 fully saturated rings. The van der Waals surface area contributed by atoms with E-state index < -0.39 is 10.0 Å². The van der Waals surface area contributed by atoms with Crippen molar-refractivity contribution in [2.45, 2.75) is 24.3 Å². The minimum Gasteiger partial charge on any atom is -0.319 e. The standard InChI is InChI=1S/C15H25N3O2S/c1-13-12-18(11-10-17(13)3)21(19,20)15-6-4-14(5-7-15)8-9-16-2/h4-7,13,16H,8-12H2,1-3H3. The molecule has 1 aliphatic heterocycles. The highest BCUT2D eigenvalue weighted by molar-refractivity contribution is 7.89. The van der Waals surface area contributed by atoms with E-state index in [1.54, 1.807) is 16.4 Å². The van der Waals surface area contributed by atoms with Crippen molar-refractivity contribution in [1.29, 1.82) is 0 Å². The van der Waals surface area contributed by atoms with Gasteiger partial charge in [0.2, 0.25) is 10.0 Å². The maximum absolute atomic E-state index is 12.7. The zero-order chi connectivity index (χ0) is 15.5. The largest absolute Gasteiger partial charge is 0.319 e. The maximum Gasteiger partial charge on any atom is 0.243 e. The lowest BCUT2D eigenvalue weighted by atomic mass is 10.1. The molecule has 1 atom stereocenters. The Kier molecular flexibility index (Phi) is 5.37. The van der Waals surface area contributed by atoms with Gasteiger partial charge in [-0.2, -0.15) is 4.31 Å². The third-order valence-corrected chi connectivity index (χ3v) is 6.03. The number of sulfonamides is 1. The number of likely N-dealkylation sites (N-methyl/N-ethyl adjacent to an activating group) is 2. The maximum atomic E-state index is 12.7. The Morgan fingerprint density at radius 3 is 2.48 bits per heavy atom. The third-order valence-electron chi connectivity index (χ3n) is 4.15. The van der Waals surface area contributed by atoms with Gasteiger partial charge in [0.15, 0.2) is 0 Å². The summed E-state index contributed by atoms with van der Waals surface area (Å²) >= 11 is 0. The van der Waals surface area contributed by atoms with Crippen LogP contribution in [0.15, 0.2) is 29.2 Å². The fourth-order valence-corrected chi connectivity index (χ4v) is 3.99. The van der Waals surface area contributed by atoms with Crippen LogP contribution in [0.2, 0.25) is 0 Å². The van der Waals surface area contributed by atoms with Crippen LogP contribution < -0.4 is 5.32 Å². The van der Waals surface area contributed by atoms with Crippen LogP contribution >= 0.6 is 0 Å². The fourth-order valence-electron chi connectivity index (χ4n) is 2.48. The Labute approximate surface area is 128 Å². The van der Waals surface area contributed by atoms with Crippen molar-refractivity contribution in [3.63, 3.8) is 0 Å². The summed E-state index contributed by atoms with van der Waals surface area (Å²) in [5.41, 5.74) is 1.15. The predicted octanol–water partition coefficient (Wildman–Crippen LogP) is 0.773. The number of nitrogens with one attached hydrogen (secondary N) is 1. The molecule has 0 radical (unpaired) electrons. The molecule has 0 bridgehead atoms. The fraction of sp³-hybridized carbons (Fsp3) is 0.600. The van der Waals surface area contributed by atoms with Crippen LogP contribution in [0, 0.1) is 0 Å². The number of hydrogen-bond acceptors (Lipinski definition) is 4. The van der Waals surface area contributed by atoms with Crippen LogP contribution in [0.3, 0.4) is 0 Å². The van der Waals surface area contributed by atoms with Gasteiger partial charge in [-0.3, -0.25) is 0 Å². The van der Waals surface area contributed by atoms with Crippen LogP contribution in [0.4, 0.5) is 0 Å². The van der Waals surface area contributed by atoms with Gasteiger partial charge in [0, 0.05) is 25.7 Å². The van der Waals surface area contributed by atoms with Gasteiger partial charge in [0.25, 0.3) is 0 Å². The molecule has 21 heavy (non-hydrogen) atoms. The summed E-state index contributed by atoms with van der Waals surface area (Å²) in [4.78, 5) is 2.58. The summed E-state index contributed by atoms with van der Waals surface area (Å²) in [6, 6.07) is 7.52. The van der Waals surface area contributed by atoms with Crippen molar-refractivity contribution in [2.75, 3.05) is 40.3 Å². The number of rotatable bonds is 5. The van der Waals surface area contributed by atoms with E-state index >= 15 is 0 Å². The van der Waals surface area contributed by atoms with Crippen molar-refractivity contribution >= 4 is 10.0 Å². The van der Waals surface area contributed by atoms with E-state index in [4.69, 9.17) is 0 Å². The highest BCUT2D eigenvalue weighted by Crippen LogP contribution is 2.20. The highest BCUT2D eigenvalue weighted by atomic mass is 32.2. The molecule has 118 valence electrons. The zero-order valence-electron chi connectivity index (χ0n) is 13.0. The molecule has 0 aromatic heterocycles. The van der Waals surface area contributed by atoms with Crippen molar-refractivity contribution in [2.24, 2.45) is 0 Å². The SMILES string of the molecule is CNCCc1ccc(S(=O)(=O)N2CCN(C)C(C)C2)cc1. The van der Waals surface area contributed by atoms with E-state index in [-0.39, 0.29) is 6.04 Å². The van der Waals surface area contributed by atoms with Crippen LogP contribution in [0.1, 0.15) is 12.5 Å². The van der Waals surface area contributed by atoms with Crippen molar-refractivity contribution in [3.05, 3.63) is 29.8 Å². The van der Waals surface area contributed by atoms with Gasteiger partial charge in [0.05, 0.1) is 4.90 Å². The molecular weight excluding hydrogens is 286 g/mol. The van der Waals surface area contributed by atoms with Crippen molar-refractivity contribution in [3.8, 4) is 0 Å². The first kappa shape index (κ1) is 16.4. The van der Waals surface area contributed by atoms with E-state index in [1.807, 2.05) is 26.2 Å². The van der Waals surface area contributed by atoms with Gasteiger partial charge in [-0.1, -0.05) is 12.1 Å². The highest BCUT2D eigenvalue weighted by Gasteiger charge is 2.30. The van der Waals surface area contributed by atoms with E-state index in [2.05, 4.69) is 17.1 Å². The molecule has 1 aromatic carbocycles. The molecular formula is C15H25N3O2S. The Bertz CT molecular complexity index is 557. The first-order chi connectivity index (χ1) is 9.95. The quantitative estimate of drug-likeness (QED) is 0.873.